The van der Waals surface area contributed by atoms with Gasteiger partial charge in [-0.05, 0) is 38.5 Å². The monoisotopic (exact) mass is 338 g/mol. The molecule has 1 aliphatic carbocycles. The van der Waals surface area contributed by atoms with Gasteiger partial charge in [0.15, 0.2) is 0 Å². The summed E-state index contributed by atoms with van der Waals surface area (Å²) in [7, 11) is 0. The van der Waals surface area contributed by atoms with Gasteiger partial charge in [-0.1, -0.05) is 19.3 Å². The van der Waals surface area contributed by atoms with Crippen LogP contribution >= 0.6 is 0 Å². The van der Waals surface area contributed by atoms with Crippen molar-refractivity contribution in [2.45, 2.75) is 75.9 Å². The third-order valence-electron chi connectivity index (χ3n) is 6.05. The predicted molar refractivity (Wildman–Crippen MR) is 94.0 cm³/mol. The Morgan fingerprint density at radius 1 is 1.04 bits per heavy atom. The maximum atomic E-state index is 12.3. The second-order valence-electron chi connectivity index (χ2n) is 7.69. The lowest BCUT2D eigenvalue weighted by Gasteiger charge is -2.48. The number of carbonyl (C=O) groups excluding carboxylic acids is 1. The Morgan fingerprint density at radius 2 is 1.83 bits per heavy atom. The molecule has 0 radical (unpaired) electrons. The molecular weight excluding hydrogens is 304 g/mol. The molecule has 0 aromatic rings. The van der Waals surface area contributed by atoms with Gasteiger partial charge in [0, 0.05) is 38.2 Å². The lowest BCUT2D eigenvalue weighted by Crippen LogP contribution is -2.59. The molecule has 0 spiro atoms. The molecule has 2 aliphatic heterocycles. The van der Waals surface area contributed by atoms with Gasteiger partial charge in [-0.2, -0.15) is 0 Å². The van der Waals surface area contributed by atoms with E-state index in [2.05, 4.69) is 10.2 Å². The van der Waals surface area contributed by atoms with E-state index in [1.165, 1.54) is 44.9 Å². The highest BCUT2D eigenvalue weighted by Crippen LogP contribution is 2.33. The average Bonchev–Trinajstić information content (AvgIpc) is 2.67. The Balaban J connectivity index is 1.46. The second kappa shape index (κ2) is 9.16. The SMILES string of the molecule is O=C(CCC1CCCCO1)NCC1(N2CCOCC2)CCCCC1. The van der Waals surface area contributed by atoms with Crippen molar-refractivity contribution in [1.29, 1.82) is 0 Å². The first kappa shape index (κ1) is 18.2. The van der Waals surface area contributed by atoms with Crippen LogP contribution in [0.2, 0.25) is 0 Å². The van der Waals surface area contributed by atoms with E-state index in [4.69, 9.17) is 9.47 Å². The summed E-state index contributed by atoms with van der Waals surface area (Å²) in [4.78, 5) is 14.9. The normalized spacial score (nSPS) is 28.4. The van der Waals surface area contributed by atoms with Gasteiger partial charge >= 0.3 is 0 Å². The molecule has 1 amide bonds. The summed E-state index contributed by atoms with van der Waals surface area (Å²) >= 11 is 0. The number of morpholine rings is 1. The van der Waals surface area contributed by atoms with Crippen molar-refractivity contribution in [3.63, 3.8) is 0 Å². The molecule has 1 atom stereocenters. The molecule has 1 saturated carbocycles. The summed E-state index contributed by atoms with van der Waals surface area (Å²) in [5.74, 6) is 0.197. The van der Waals surface area contributed by atoms with Gasteiger partial charge in [-0.3, -0.25) is 9.69 Å². The first-order valence-corrected chi connectivity index (χ1v) is 10.00. The molecule has 3 aliphatic rings. The number of ether oxygens (including phenoxy) is 2. The maximum Gasteiger partial charge on any atom is 0.220 e. The fraction of sp³-hybridized carbons (Fsp3) is 0.947. The molecule has 2 saturated heterocycles. The minimum absolute atomic E-state index is 0.166. The third-order valence-corrected chi connectivity index (χ3v) is 6.05. The van der Waals surface area contributed by atoms with Crippen molar-refractivity contribution in [2.75, 3.05) is 39.5 Å². The zero-order valence-electron chi connectivity index (χ0n) is 15.1. The summed E-state index contributed by atoms with van der Waals surface area (Å²) in [5, 5.41) is 3.25. The molecular formula is C19H34N2O3. The van der Waals surface area contributed by atoms with E-state index in [-0.39, 0.29) is 11.4 Å². The Kier molecular flexibility index (Phi) is 6.93. The fourth-order valence-corrected chi connectivity index (χ4v) is 4.53. The first-order valence-electron chi connectivity index (χ1n) is 10.00. The Bertz CT molecular complexity index is 384. The van der Waals surface area contributed by atoms with E-state index in [1.807, 2.05) is 0 Å². The number of rotatable bonds is 6. The highest BCUT2D eigenvalue weighted by Gasteiger charge is 2.38. The van der Waals surface area contributed by atoms with Crippen LogP contribution in [-0.2, 0) is 14.3 Å². The van der Waals surface area contributed by atoms with Crippen LogP contribution in [-0.4, -0.2) is 61.9 Å². The smallest absolute Gasteiger partial charge is 0.220 e. The maximum absolute atomic E-state index is 12.3. The summed E-state index contributed by atoms with van der Waals surface area (Å²) in [6, 6.07) is 0. The molecule has 5 heteroatoms. The second-order valence-corrected chi connectivity index (χ2v) is 7.69. The summed E-state index contributed by atoms with van der Waals surface area (Å²) in [5.41, 5.74) is 0.166. The van der Waals surface area contributed by atoms with Crippen LogP contribution in [0.1, 0.15) is 64.2 Å². The van der Waals surface area contributed by atoms with Gasteiger partial charge in [-0.15, -0.1) is 0 Å². The van der Waals surface area contributed by atoms with Gasteiger partial charge in [0.1, 0.15) is 0 Å². The quantitative estimate of drug-likeness (QED) is 0.808. The molecule has 0 aromatic heterocycles. The van der Waals surface area contributed by atoms with Crippen molar-refractivity contribution in [1.82, 2.24) is 10.2 Å². The highest BCUT2D eigenvalue weighted by molar-refractivity contribution is 5.76. The van der Waals surface area contributed by atoms with E-state index < -0.39 is 0 Å². The number of nitrogens with zero attached hydrogens (tertiary/aromatic N) is 1. The van der Waals surface area contributed by atoms with Crippen LogP contribution in [0.15, 0.2) is 0 Å². The van der Waals surface area contributed by atoms with E-state index in [0.29, 0.717) is 12.5 Å². The van der Waals surface area contributed by atoms with Gasteiger partial charge < -0.3 is 14.8 Å². The minimum Gasteiger partial charge on any atom is -0.379 e. The molecule has 0 aromatic carbocycles. The summed E-state index contributed by atoms with van der Waals surface area (Å²) in [6.07, 6.45) is 11.6. The standard InChI is InChI=1S/C19H34N2O3/c22-18(8-7-17-6-2-5-13-24-17)20-16-19(9-3-1-4-10-19)21-11-14-23-15-12-21/h17H,1-16H2,(H,20,22). The highest BCUT2D eigenvalue weighted by atomic mass is 16.5. The largest absolute Gasteiger partial charge is 0.379 e. The van der Waals surface area contributed by atoms with Gasteiger partial charge in [0.2, 0.25) is 5.91 Å². The van der Waals surface area contributed by atoms with E-state index in [1.54, 1.807) is 0 Å². The molecule has 0 bridgehead atoms. The Morgan fingerprint density at radius 3 is 2.54 bits per heavy atom. The van der Waals surface area contributed by atoms with E-state index in [9.17, 15) is 4.79 Å². The number of carbonyl (C=O) groups is 1. The molecule has 3 fully saturated rings. The van der Waals surface area contributed by atoms with Crippen LogP contribution in [0.5, 0.6) is 0 Å². The zero-order valence-corrected chi connectivity index (χ0v) is 15.1. The average molecular weight is 338 g/mol. The first-order chi connectivity index (χ1) is 11.8. The number of nitrogens with one attached hydrogen (secondary N) is 1. The number of amides is 1. The zero-order chi connectivity index (χ0) is 16.7. The molecule has 138 valence electrons. The van der Waals surface area contributed by atoms with Crippen molar-refractivity contribution in [2.24, 2.45) is 0 Å². The predicted octanol–water partition coefficient (Wildman–Crippen LogP) is 2.49. The lowest BCUT2D eigenvalue weighted by atomic mass is 9.79. The van der Waals surface area contributed by atoms with Crippen molar-refractivity contribution >= 4 is 5.91 Å². The van der Waals surface area contributed by atoms with E-state index >= 15 is 0 Å². The lowest BCUT2D eigenvalue weighted by molar-refractivity contribution is -0.123. The molecule has 3 rings (SSSR count). The third kappa shape index (κ3) is 4.93. The van der Waals surface area contributed by atoms with Crippen molar-refractivity contribution in [3.8, 4) is 0 Å². The summed E-state index contributed by atoms with van der Waals surface area (Å²) < 4.78 is 11.3. The van der Waals surface area contributed by atoms with Crippen molar-refractivity contribution in [3.05, 3.63) is 0 Å². The van der Waals surface area contributed by atoms with Crippen LogP contribution in [0.4, 0.5) is 0 Å². The number of hydrogen-bond acceptors (Lipinski definition) is 4. The van der Waals surface area contributed by atoms with Gasteiger partial charge in [-0.25, -0.2) is 0 Å². The van der Waals surface area contributed by atoms with Crippen LogP contribution in [0, 0.1) is 0 Å². The molecule has 1 N–H and O–H groups in total. The molecule has 24 heavy (non-hydrogen) atoms. The van der Waals surface area contributed by atoms with Crippen molar-refractivity contribution < 1.29 is 14.3 Å². The number of hydrogen-bond donors (Lipinski definition) is 1. The molecule has 2 heterocycles. The topological polar surface area (TPSA) is 50.8 Å². The minimum atomic E-state index is 0.166. The van der Waals surface area contributed by atoms with Gasteiger partial charge in [0.25, 0.3) is 0 Å². The fourth-order valence-electron chi connectivity index (χ4n) is 4.53. The molecule has 5 nitrogen and oxygen atoms in total. The Labute approximate surface area is 146 Å². The van der Waals surface area contributed by atoms with E-state index in [0.717, 1.165) is 52.3 Å². The molecule has 1 unspecified atom stereocenters. The van der Waals surface area contributed by atoms with Crippen LogP contribution in [0.3, 0.4) is 0 Å². The van der Waals surface area contributed by atoms with Gasteiger partial charge in [0.05, 0.1) is 19.3 Å². The Hall–Kier alpha value is -0.650. The summed E-state index contributed by atoms with van der Waals surface area (Å²) in [6.45, 7) is 5.34. The van der Waals surface area contributed by atoms with Crippen LogP contribution < -0.4 is 5.32 Å². The van der Waals surface area contributed by atoms with Crippen LogP contribution in [0.25, 0.3) is 0 Å².